The average Bonchev–Trinajstić information content (AvgIpc) is 2.74. The Bertz CT molecular complexity index is 467. The highest BCUT2D eigenvalue weighted by molar-refractivity contribution is 4.85. The molecule has 3 fully saturated rings. The normalized spacial score (nSPS) is 36.0. The predicted molar refractivity (Wildman–Crippen MR) is 114 cm³/mol. The van der Waals surface area contributed by atoms with Crippen molar-refractivity contribution in [3.05, 3.63) is 12.2 Å². The van der Waals surface area contributed by atoms with Gasteiger partial charge in [-0.2, -0.15) is 8.78 Å². The molecule has 168 valence electrons. The van der Waals surface area contributed by atoms with Gasteiger partial charge in [0.1, 0.15) is 0 Å². The molecule has 0 bridgehead atoms. The van der Waals surface area contributed by atoms with Crippen molar-refractivity contribution in [1.29, 1.82) is 0 Å². The van der Waals surface area contributed by atoms with Crippen molar-refractivity contribution < 1.29 is 18.3 Å². The van der Waals surface area contributed by atoms with Crippen LogP contribution in [0.1, 0.15) is 96.8 Å². The highest BCUT2D eigenvalue weighted by atomic mass is 19.3. The maximum Gasteiger partial charge on any atom is 0.266 e. The van der Waals surface area contributed by atoms with Gasteiger partial charge < -0.3 is 9.47 Å². The summed E-state index contributed by atoms with van der Waals surface area (Å²) in [4.78, 5) is 0. The summed E-state index contributed by atoms with van der Waals surface area (Å²) < 4.78 is 36.1. The molecule has 0 unspecified atom stereocenters. The van der Waals surface area contributed by atoms with Gasteiger partial charge in [0.05, 0.1) is 13.2 Å². The van der Waals surface area contributed by atoms with Crippen molar-refractivity contribution >= 4 is 0 Å². The van der Waals surface area contributed by atoms with Gasteiger partial charge in [0.15, 0.2) is 6.29 Å². The van der Waals surface area contributed by atoms with E-state index in [1.807, 2.05) is 0 Å². The van der Waals surface area contributed by atoms with E-state index in [1.165, 1.54) is 64.2 Å². The van der Waals surface area contributed by atoms with E-state index in [9.17, 15) is 8.78 Å². The van der Waals surface area contributed by atoms with Gasteiger partial charge in [0, 0.05) is 5.92 Å². The van der Waals surface area contributed by atoms with E-state index in [0.29, 0.717) is 18.3 Å². The molecule has 0 aromatic rings. The topological polar surface area (TPSA) is 18.5 Å². The molecule has 0 N–H and O–H groups in total. The SMILES string of the molecule is CCCC1OCC(CCC2CCC(C3CCC(CCC=C(F)F)CC3)CC2)CO1. The van der Waals surface area contributed by atoms with Crippen LogP contribution < -0.4 is 0 Å². The lowest BCUT2D eigenvalue weighted by molar-refractivity contribution is -0.204. The monoisotopic (exact) mass is 412 g/mol. The van der Waals surface area contributed by atoms with E-state index in [-0.39, 0.29) is 6.29 Å². The Morgan fingerprint density at radius 3 is 1.76 bits per heavy atom. The van der Waals surface area contributed by atoms with Crippen molar-refractivity contribution in [2.24, 2.45) is 29.6 Å². The molecule has 0 spiro atoms. The van der Waals surface area contributed by atoms with Gasteiger partial charge in [0.2, 0.25) is 0 Å². The fourth-order valence-corrected chi connectivity index (χ4v) is 5.95. The second-order valence-corrected chi connectivity index (χ2v) is 9.96. The molecule has 0 atom stereocenters. The summed E-state index contributed by atoms with van der Waals surface area (Å²) in [6, 6.07) is 0. The van der Waals surface area contributed by atoms with Crippen molar-refractivity contribution in [1.82, 2.24) is 0 Å². The van der Waals surface area contributed by atoms with Crippen molar-refractivity contribution in [3.63, 3.8) is 0 Å². The summed E-state index contributed by atoms with van der Waals surface area (Å²) in [5.41, 5.74) is 0. The maximum atomic E-state index is 12.2. The minimum Gasteiger partial charge on any atom is -0.352 e. The van der Waals surface area contributed by atoms with Crippen LogP contribution >= 0.6 is 0 Å². The van der Waals surface area contributed by atoms with Gasteiger partial charge in [-0.1, -0.05) is 45.4 Å². The van der Waals surface area contributed by atoms with Gasteiger partial charge in [0.25, 0.3) is 6.08 Å². The Kier molecular flexibility index (Phi) is 9.91. The highest BCUT2D eigenvalue weighted by Gasteiger charge is 2.31. The number of rotatable bonds is 9. The van der Waals surface area contributed by atoms with E-state index < -0.39 is 6.08 Å². The number of ether oxygens (including phenoxy) is 2. The maximum absolute atomic E-state index is 12.2. The van der Waals surface area contributed by atoms with Gasteiger partial charge in [-0.15, -0.1) is 0 Å². The molecule has 3 aliphatic rings. The first kappa shape index (κ1) is 23.2. The van der Waals surface area contributed by atoms with Gasteiger partial charge in [-0.3, -0.25) is 0 Å². The van der Waals surface area contributed by atoms with Crippen LogP contribution in [0.2, 0.25) is 0 Å². The second-order valence-electron chi connectivity index (χ2n) is 9.96. The lowest BCUT2D eigenvalue weighted by Crippen LogP contribution is -2.32. The van der Waals surface area contributed by atoms with Crippen LogP contribution in [0.5, 0.6) is 0 Å². The van der Waals surface area contributed by atoms with Gasteiger partial charge in [-0.05, 0) is 81.1 Å². The Labute approximate surface area is 176 Å². The number of allylic oxidation sites excluding steroid dienone is 1. The van der Waals surface area contributed by atoms with Crippen LogP contribution in [0.25, 0.3) is 0 Å². The largest absolute Gasteiger partial charge is 0.352 e. The zero-order chi connectivity index (χ0) is 20.5. The van der Waals surface area contributed by atoms with E-state index in [4.69, 9.17) is 9.47 Å². The third-order valence-corrected chi connectivity index (χ3v) is 7.87. The number of halogens is 2. The third kappa shape index (κ3) is 7.94. The second kappa shape index (κ2) is 12.4. The predicted octanol–water partition coefficient (Wildman–Crippen LogP) is 7.73. The van der Waals surface area contributed by atoms with Crippen molar-refractivity contribution in [2.45, 2.75) is 103 Å². The molecule has 29 heavy (non-hydrogen) atoms. The summed E-state index contributed by atoms with van der Waals surface area (Å²) in [5, 5.41) is 0. The summed E-state index contributed by atoms with van der Waals surface area (Å²) in [5.74, 6) is 3.99. The van der Waals surface area contributed by atoms with Crippen molar-refractivity contribution in [2.75, 3.05) is 13.2 Å². The first-order chi connectivity index (χ1) is 14.1. The van der Waals surface area contributed by atoms with Crippen LogP contribution in [0.4, 0.5) is 8.78 Å². The average molecular weight is 413 g/mol. The van der Waals surface area contributed by atoms with Crippen LogP contribution in [-0.2, 0) is 9.47 Å². The molecule has 0 aromatic heterocycles. The van der Waals surface area contributed by atoms with Crippen molar-refractivity contribution in [3.8, 4) is 0 Å². The molecule has 1 saturated heterocycles. The van der Waals surface area contributed by atoms with Crippen LogP contribution in [0.15, 0.2) is 12.2 Å². The standard InChI is InChI=1S/C25H42F2O2/c1-2-4-25-28-17-21(18-29-25)8-7-20-11-15-23(16-12-20)22-13-9-19(10-14-22)5-3-6-24(26)27/h6,19-23,25H,2-5,7-18H2,1H3. The fourth-order valence-electron chi connectivity index (χ4n) is 5.95. The van der Waals surface area contributed by atoms with E-state index in [1.54, 1.807) is 0 Å². The number of hydrogen-bond donors (Lipinski definition) is 0. The molecule has 2 aliphatic carbocycles. The Balaban J connectivity index is 1.26. The van der Waals surface area contributed by atoms with E-state index >= 15 is 0 Å². The van der Waals surface area contributed by atoms with Gasteiger partial charge in [-0.25, -0.2) is 0 Å². The number of hydrogen-bond acceptors (Lipinski definition) is 2. The quantitative estimate of drug-likeness (QED) is 0.386. The summed E-state index contributed by atoms with van der Waals surface area (Å²) in [7, 11) is 0. The zero-order valence-electron chi connectivity index (χ0n) is 18.4. The first-order valence-electron chi connectivity index (χ1n) is 12.4. The highest BCUT2D eigenvalue weighted by Crippen LogP contribution is 2.43. The molecule has 1 heterocycles. The van der Waals surface area contributed by atoms with Crippen LogP contribution in [0.3, 0.4) is 0 Å². The molecule has 0 amide bonds. The summed E-state index contributed by atoms with van der Waals surface area (Å²) >= 11 is 0. The molecule has 2 saturated carbocycles. The zero-order valence-corrected chi connectivity index (χ0v) is 18.4. The fraction of sp³-hybridized carbons (Fsp3) is 0.920. The Morgan fingerprint density at radius 1 is 0.724 bits per heavy atom. The molecule has 0 radical (unpaired) electrons. The molecule has 0 aromatic carbocycles. The summed E-state index contributed by atoms with van der Waals surface area (Å²) in [6.07, 6.45) is 16.7. The lowest BCUT2D eigenvalue weighted by atomic mass is 9.68. The third-order valence-electron chi connectivity index (χ3n) is 7.87. The molecular weight excluding hydrogens is 370 g/mol. The first-order valence-corrected chi connectivity index (χ1v) is 12.4. The Morgan fingerprint density at radius 2 is 1.24 bits per heavy atom. The van der Waals surface area contributed by atoms with E-state index in [0.717, 1.165) is 56.3 Å². The molecule has 3 rings (SSSR count). The van der Waals surface area contributed by atoms with Gasteiger partial charge >= 0.3 is 0 Å². The van der Waals surface area contributed by atoms with E-state index in [2.05, 4.69) is 6.92 Å². The minimum atomic E-state index is -1.51. The van der Waals surface area contributed by atoms with Crippen LogP contribution in [-0.4, -0.2) is 19.5 Å². The molecule has 1 aliphatic heterocycles. The smallest absolute Gasteiger partial charge is 0.266 e. The molecule has 4 heteroatoms. The Hall–Kier alpha value is -0.480. The molecular formula is C25H42F2O2. The molecule has 2 nitrogen and oxygen atoms in total. The minimum absolute atomic E-state index is 0.0445. The lowest BCUT2D eigenvalue weighted by Gasteiger charge is -2.38. The van der Waals surface area contributed by atoms with Crippen LogP contribution in [0, 0.1) is 29.6 Å². The summed E-state index contributed by atoms with van der Waals surface area (Å²) in [6.45, 7) is 3.95.